The van der Waals surface area contributed by atoms with Gasteiger partial charge in [0.15, 0.2) is 5.78 Å². The number of hydrogen-bond donors (Lipinski definition) is 4. The Hall–Kier alpha value is -4.45. The van der Waals surface area contributed by atoms with Gasteiger partial charge in [0.2, 0.25) is 5.91 Å². The number of rotatable bonds is 11. The van der Waals surface area contributed by atoms with Crippen LogP contribution in [0.5, 0.6) is 5.75 Å². The van der Waals surface area contributed by atoms with Gasteiger partial charge in [0.25, 0.3) is 5.91 Å². The van der Waals surface area contributed by atoms with Gasteiger partial charge in [-0.15, -0.1) is 0 Å². The first kappa shape index (κ1) is 28.1. The van der Waals surface area contributed by atoms with Gasteiger partial charge in [-0.1, -0.05) is 30.0 Å². The van der Waals surface area contributed by atoms with Crippen molar-refractivity contribution in [1.82, 2.24) is 5.32 Å². The Morgan fingerprint density at radius 3 is 2.18 bits per heavy atom. The van der Waals surface area contributed by atoms with Gasteiger partial charge in [-0.2, -0.15) is 0 Å². The zero-order chi connectivity index (χ0) is 27.3. The highest BCUT2D eigenvalue weighted by molar-refractivity contribution is 5.98. The maximum atomic E-state index is 12.3. The summed E-state index contributed by atoms with van der Waals surface area (Å²) < 4.78 is 5.35. The van der Waals surface area contributed by atoms with Crippen molar-refractivity contribution in [3.05, 3.63) is 95.1 Å². The number of nitrogens with two attached hydrogens (primary N) is 1. The molecule has 0 fully saturated rings. The second-order valence-corrected chi connectivity index (χ2v) is 8.50. The van der Waals surface area contributed by atoms with Gasteiger partial charge >= 0.3 is 0 Å². The maximum Gasteiger partial charge on any atom is 0.251 e. The van der Waals surface area contributed by atoms with Crippen molar-refractivity contribution in [2.24, 2.45) is 5.73 Å². The van der Waals surface area contributed by atoms with E-state index in [-0.39, 0.29) is 12.5 Å². The van der Waals surface area contributed by atoms with Gasteiger partial charge in [-0.05, 0) is 73.0 Å². The zero-order valence-electron chi connectivity index (χ0n) is 21.2. The Kier molecular flexibility index (Phi) is 10.6. The summed E-state index contributed by atoms with van der Waals surface area (Å²) in [5, 5.41) is 14.4. The highest BCUT2D eigenvalue weighted by Crippen LogP contribution is 2.19. The summed E-state index contributed by atoms with van der Waals surface area (Å²) in [7, 11) is 1.64. The van der Waals surface area contributed by atoms with Gasteiger partial charge in [-0.3, -0.25) is 14.4 Å². The third kappa shape index (κ3) is 8.30. The maximum absolute atomic E-state index is 12.3. The van der Waals surface area contributed by atoms with Crippen LogP contribution in [0.15, 0.2) is 72.8 Å². The largest absolute Gasteiger partial charge is 0.496 e. The molecule has 0 aliphatic heterocycles. The normalized spacial score (nSPS) is 11.0. The average Bonchev–Trinajstić information content (AvgIpc) is 2.95. The summed E-state index contributed by atoms with van der Waals surface area (Å²) in [5.74, 6) is 5.86. The molecule has 3 rings (SSSR count). The minimum atomic E-state index is -0.932. The fourth-order valence-electron chi connectivity index (χ4n) is 3.68. The molecule has 0 saturated carbocycles. The Morgan fingerprint density at radius 1 is 0.947 bits per heavy atom. The average molecular weight is 514 g/mol. The first-order chi connectivity index (χ1) is 18.4. The third-order valence-electron chi connectivity index (χ3n) is 5.79. The van der Waals surface area contributed by atoms with Crippen molar-refractivity contribution in [3.8, 4) is 17.6 Å². The molecule has 0 aliphatic rings. The van der Waals surface area contributed by atoms with E-state index in [1.807, 2.05) is 36.4 Å². The van der Waals surface area contributed by atoms with E-state index in [9.17, 15) is 14.4 Å². The lowest BCUT2D eigenvalue weighted by molar-refractivity contribution is -0.123. The number of ether oxygens (including phenoxy) is 1. The smallest absolute Gasteiger partial charge is 0.251 e. The van der Waals surface area contributed by atoms with E-state index in [2.05, 4.69) is 22.5 Å². The number of ketones is 1. The molecule has 2 amide bonds. The van der Waals surface area contributed by atoms with Crippen molar-refractivity contribution >= 4 is 23.3 Å². The number of para-hydroxylation sites is 1. The molecule has 0 aromatic heterocycles. The first-order valence-electron chi connectivity index (χ1n) is 12.2. The van der Waals surface area contributed by atoms with E-state index in [1.165, 1.54) is 0 Å². The number of carbonyl (C=O) groups excluding carboxylic acids is 3. The van der Waals surface area contributed by atoms with Crippen LogP contribution in [0.2, 0.25) is 0 Å². The summed E-state index contributed by atoms with van der Waals surface area (Å²) in [4.78, 5) is 36.2. The molecule has 8 heteroatoms. The minimum absolute atomic E-state index is 0.0543. The molecule has 3 aromatic carbocycles. The lowest BCUT2D eigenvalue weighted by atomic mass is 10.1. The van der Waals surface area contributed by atoms with E-state index >= 15 is 0 Å². The fourth-order valence-corrected chi connectivity index (χ4v) is 3.68. The molecule has 0 radical (unpaired) electrons. The second kappa shape index (κ2) is 14.3. The van der Waals surface area contributed by atoms with E-state index < -0.39 is 24.3 Å². The Morgan fingerprint density at radius 2 is 1.58 bits per heavy atom. The van der Waals surface area contributed by atoms with Crippen LogP contribution in [0.4, 0.5) is 5.69 Å². The fraction of sp³-hybridized carbons (Fsp3) is 0.233. The van der Waals surface area contributed by atoms with Crippen LogP contribution < -0.4 is 21.1 Å². The predicted octanol–water partition coefficient (Wildman–Crippen LogP) is 2.67. The van der Waals surface area contributed by atoms with Crippen LogP contribution in [-0.4, -0.2) is 49.0 Å². The van der Waals surface area contributed by atoms with Gasteiger partial charge in [0, 0.05) is 35.3 Å². The quantitative estimate of drug-likeness (QED) is 0.292. The minimum Gasteiger partial charge on any atom is -0.496 e. The molecule has 3 aromatic rings. The number of amides is 2. The van der Waals surface area contributed by atoms with E-state index in [4.69, 9.17) is 15.6 Å². The molecule has 0 aliphatic carbocycles. The summed E-state index contributed by atoms with van der Waals surface area (Å²) in [5.41, 5.74) is 9.09. The summed E-state index contributed by atoms with van der Waals surface area (Å²) in [6.07, 6.45) is 1.87. The molecule has 1 atom stereocenters. The number of carbonyl (C=O) groups is 3. The van der Waals surface area contributed by atoms with Crippen LogP contribution in [-0.2, 0) is 16.0 Å². The van der Waals surface area contributed by atoms with Crippen LogP contribution >= 0.6 is 0 Å². The van der Waals surface area contributed by atoms with E-state index in [0.29, 0.717) is 29.7 Å². The van der Waals surface area contributed by atoms with Crippen molar-refractivity contribution < 1.29 is 24.2 Å². The van der Waals surface area contributed by atoms with Crippen LogP contribution in [0, 0.1) is 11.8 Å². The number of hydrogen-bond acceptors (Lipinski definition) is 6. The van der Waals surface area contributed by atoms with E-state index in [0.717, 1.165) is 23.3 Å². The molecule has 8 nitrogen and oxygen atoms in total. The molecule has 38 heavy (non-hydrogen) atoms. The molecule has 0 unspecified atom stereocenters. The number of aryl methyl sites for hydroxylation is 1. The van der Waals surface area contributed by atoms with Gasteiger partial charge in [0.05, 0.1) is 7.11 Å². The molecule has 0 spiro atoms. The van der Waals surface area contributed by atoms with Crippen LogP contribution in [0.3, 0.4) is 0 Å². The van der Waals surface area contributed by atoms with Crippen molar-refractivity contribution in [1.29, 1.82) is 0 Å². The van der Waals surface area contributed by atoms with Gasteiger partial charge in [0.1, 0.15) is 18.4 Å². The molecule has 0 heterocycles. The van der Waals surface area contributed by atoms with Gasteiger partial charge < -0.3 is 26.2 Å². The molecular formula is C30H31N3O5. The zero-order valence-corrected chi connectivity index (χ0v) is 21.2. The summed E-state index contributed by atoms with van der Waals surface area (Å²) in [6.45, 7) is -0.782. The number of aliphatic hydroxyl groups is 1. The second-order valence-electron chi connectivity index (χ2n) is 8.50. The molecule has 196 valence electrons. The van der Waals surface area contributed by atoms with Crippen LogP contribution in [0.1, 0.15) is 39.9 Å². The topological polar surface area (TPSA) is 131 Å². The lowest BCUT2D eigenvalue weighted by Gasteiger charge is -2.14. The standard InChI is InChI=1S/C30H31N3O5/c1-38-28-7-3-2-5-23(28)6-4-8-29(36)32-25-17-13-22(14-18-25)10-9-21-11-15-24(16-12-21)30(37)33-26(19-31)27(35)20-34/h2-3,5,7,11-18,26,34H,4,6,8,19-20,31H2,1H3,(H,32,36)(H,33,37)/t26-/m0/s1. The highest BCUT2D eigenvalue weighted by atomic mass is 16.5. The number of Topliss-reactive ketones (excluding diaryl/α,β-unsaturated/α-hetero) is 1. The summed E-state index contributed by atoms with van der Waals surface area (Å²) >= 11 is 0. The number of nitrogens with one attached hydrogen (secondary N) is 2. The van der Waals surface area contributed by atoms with Crippen molar-refractivity contribution in [2.45, 2.75) is 25.3 Å². The number of aliphatic hydroxyl groups excluding tert-OH is 1. The third-order valence-corrected chi connectivity index (χ3v) is 5.79. The Labute approximate surface area is 222 Å². The Balaban J connectivity index is 1.49. The number of anilines is 1. The lowest BCUT2D eigenvalue weighted by Crippen LogP contribution is -2.46. The number of benzene rings is 3. The van der Waals surface area contributed by atoms with E-state index in [1.54, 1.807) is 43.5 Å². The van der Waals surface area contributed by atoms with Gasteiger partial charge in [-0.25, -0.2) is 0 Å². The van der Waals surface area contributed by atoms with Crippen LogP contribution in [0.25, 0.3) is 0 Å². The SMILES string of the molecule is COc1ccccc1CCCC(=O)Nc1ccc(C#Cc2ccc(C(=O)N[C@@H](CN)C(=O)CO)cc2)cc1. The van der Waals surface area contributed by atoms with Crippen molar-refractivity contribution in [2.75, 3.05) is 25.6 Å². The number of methoxy groups -OCH3 is 1. The molecule has 5 N–H and O–H groups in total. The summed E-state index contributed by atoms with van der Waals surface area (Å²) in [6, 6.07) is 20.7. The van der Waals surface area contributed by atoms with Crippen molar-refractivity contribution in [3.63, 3.8) is 0 Å². The molecule has 0 bridgehead atoms. The highest BCUT2D eigenvalue weighted by Gasteiger charge is 2.18. The Bertz CT molecular complexity index is 1310. The molecule has 0 saturated heterocycles. The monoisotopic (exact) mass is 513 g/mol. The molecular weight excluding hydrogens is 482 g/mol. The predicted molar refractivity (Wildman–Crippen MR) is 146 cm³/mol. The first-order valence-corrected chi connectivity index (χ1v) is 12.2.